The third-order valence-corrected chi connectivity index (χ3v) is 6.00. The molecule has 2 heterocycles. The van der Waals surface area contributed by atoms with Gasteiger partial charge in [0.2, 0.25) is 0 Å². The highest BCUT2D eigenvalue weighted by Gasteiger charge is 2.25. The Bertz CT molecular complexity index is 592. The number of piperidine rings is 1. The van der Waals surface area contributed by atoms with Crippen LogP contribution in [0.4, 0.5) is 0 Å². The fourth-order valence-corrected chi connectivity index (χ4v) is 4.52. The van der Waals surface area contributed by atoms with Crippen molar-refractivity contribution in [1.82, 2.24) is 20.4 Å². The first-order valence-corrected chi connectivity index (χ1v) is 11.1. The molecule has 0 aromatic heterocycles. The third-order valence-electron chi connectivity index (χ3n) is 6.00. The Morgan fingerprint density at radius 1 is 1.11 bits per heavy atom. The summed E-state index contributed by atoms with van der Waals surface area (Å²) in [4.78, 5) is 9.69. The van der Waals surface area contributed by atoms with Gasteiger partial charge in [-0.2, -0.15) is 0 Å². The minimum atomic E-state index is 0.522. The van der Waals surface area contributed by atoms with E-state index in [0.717, 1.165) is 38.1 Å². The Morgan fingerprint density at radius 2 is 1.86 bits per heavy atom. The van der Waals surface area contributed by atoms with Crippen molar-refractivity contribution in [2.45, 2.75) is 58.2 Å². The maximum atomic E-state index is 4.48. The molecular formula is C23H39N5. The normalized spacial score (nSPS) is 22.7. The maximum absolute atomic E-state index is 4.48. The first-order chi connectivity index (χ1) is 13.6. The molecule has 2 N–H and O–H groups in total. The number of rotatable bonds is 7. The molecule has 0 saturated carbocycles. The van der Waals surface area contributed by atoms with Crippen molar-refractivity contribution >= 4 is 5.96 Å². The zero-order valence-corrected chi connectivity index (χ0v) is 18.0. The number of guanidine groups is 1. The highest BCUT2D eigenvalue weighted by molar-refractivity contribution is 5.80. The summed E-state index contributed by atoms with van der Waals surface area (Å²) in [5, 5.41) is 7.26. The number of hydrogen-bond donors (Lipinski definition) is 2. The first kappa shape index (κ1) is 21.1. The van der Waals surface area contributed by atoms with Crippen LogP contribution in [0.5, 0.6) is 0 Å². The minimum absolute atomic E-state index is 0.522. The summed E-state index contributed by atoms with van der Waals surface area (Å²) in [6.45, 7) is 11.4. The van der Waals surface area contributed by atoms with Crippen LogP contribution in [-0.2, 0) is 6.54 Å². The van der Waals surface area contributed by atoms with Crippen LogP contribution in [0.25, 0.3) is 0 Å². The molecule has 1 aromatic rings. The first-order valence-electron chi connectivity index (χ1n) is 11.1. The van der Waals surface area contributed by atoms with Crippen LogP contribution in [0, 0.1) is 5.92 Å². The predicted molar refractivity (Wildman–Crippen MR) is 119 cm³/mol. The second kappa shape index (κ2) is 10.8. The summed E-state index contributed by atoms with van der Waals surface area (Å²) in [5.41, 5.74) is 1.41. The lowest BCUT2D eigenvalue weighted by molar-refractivity contribution is 0.198. The van der Waals surface area contributed by atoms with E-state index in [1.54, 1.807) is 0 Å². The van der Waals surface area contributed by atoms with Gasteiger partial charge in [-0.05, 0) is 43.7 Å². The van der Waals surface area contributed by atoms with Crippen molar-refractivity contribution in [3.63, 3.8) is 0 Å². The van der Waals surface area contributed by atoms with Crippen molar-refractivity contribution in [1.29, 1.82) is 0 Å². The largest absolute Gasteiger partial charge is 0.355 e. The molecule has 2 aliphatic rings. The van der Waals surface area contributed by atoms with Crippen LogP contribution in [-0.4, -0.2) is 67.6 Å². The van der Waals surface area contributed by atoms with Gasteiger partial charge in [-0.1, -0.05) is 44.2 Å². The monoisotopic (exact) mass is 385 g/mol. The molecule has 0 bridgehead atoms. The van der Waals surface area contributed by atoms with E-state index in [1.165, 1.54) is 44.3 Å². The number of nitrogens with zero attached hydrogens (tertiary/aromatic N) is 3. The molecule has 0 aliphatic carbocycles. The van der Waals surface area contributed by atoms with Gasteiger partial charge in [-0.3, -0.25) is 14.8 Å². The van der Waals surface area contributed by atoms with Crippen LogP contribution in [0.1, 0.15) is 45.1 Å². The molecule has 1 aromatic carbocycles. The van der Waals surface area contributed by atoms with Crippen LogP contribution in [0.15, 0.2) is 35.3 Å². The van der Waals surface area contributed by atoms with Crippen molar-refractivity contribution in [2.24, 2.45) is 10.9 Å². The maximum Gasteiger partial charge on any atom is 0.191 e. The number of benzene rings is 1. The van der Waals surface area contributed by atoms with Crippen molar-refractivity contribution in [2.75, 3.05) is 39.8 Å². The van der Waals surface area contributed by atoms with Gasteiger partial charge in [0.05, 0.1) is 0 Å². The molecule has 2 aliphatic heterocycles. The van der Waals surface area contributed by atoms with Gasteiger partial charge >= 0.3 is 0 Å². The molecule has 2 fully saturated rings. The minimum Gasteiger partial charge on any atom is -0.355 e. The predicted octanol–water partition coefficient (Wildman–Crippen LogP) is 2.94. The summed E-state index contributed by atoms with van der Waals surface area (Å²) in [7, 11) is 1.89. The summed E-state index contributed by atoms with van der Waals surface area (Å²) in [6.07, 6.45) is 4.98. The van der Waals surface area contributed by atoms with E-state index in [9.17, 15) is 0 Å². The van der Waals surface area contributed by atoms with Crippen LogP contribution < -0.4 is 10.6 Å². The van der Waals surface area contributed by atoms with Crippen molar-refractivity contribution in [3.05, 3.63) is 35.9 Å². The van der Waals surface area contributed by atoms with Crippen molar-refractivity contribution < 1.29 is 0 Å². The van der Waals surface area contributed by atoms with Gasteiger partial charge in [-0.25, -0.2) is 0 Å². The number of likely N-dealkylation sites (tertiary alicyclic amines) is 2. The molecule has 0 spiro atoms. The van der Waals surface area contributed by atoms with E-state index >= 15 is 0 Å². The molecule has 1 atom stereocenters. The lowest BCUT2D eigenvalue weighted by atomic mass is 10.0. The van der Waals surface area contributed by atoms with E-state index in [4.69, 9.17) is 0 Å². The zero-order chi connectivity index (χ0) is 19.8. The molecule has 28 heavy (non-hydrogen) atoms. The van der Waals surface area contributed by atoms with Gasteiger partial charge < -0.3 is 10.6 Å². The standard InChI is InChI=1S/C23H39N5/c1-19(2)17-28-13-7-10-22(28)16-25-23(24-3)26-21-11-14-27(15-12-21)18-20-8-5-4-6-9-20/h4-6,8-9,19,21-22H,7,10-18H2,1-3H3,(H2,24,25,26)/t22-/m1/s1. The fourth-order valence-electron chi connectivity index (χ4n) is 4.52. The Balaban J connectivity index is 1.38. The van der Waals surface area contributed by atoms with Gasteiger partial charge in [0.1, 0.15) is 0 Å². The number of hydrogen-bond acceptors (Lipinski definition) is 3. The topological polar surface area (TPSA) is 42.9 Å². The Kier molecular flexibility index (Phi) is 8.16. The van der Waals surface area contributed by atoms with Crippen molar-refractivity contribution in [3.8, 4) is 0 Å². The quantitative estimate of drug-likeness (QED) is 0.559. The van der Waals surface area contributed by atoms with Gasteiger partial charge in [0.15, 0.2) is 5.96 Å². The second-order valence-corrected chi connectivity index (χ2v) is 8.82. The molecular weight excluding hydrogens is 346 g/mol. The molecule has 156 valence electrons. The summed E-state index contributed by atoms with van der Waals surface area (Å²) in [6, 6.07) is 12.0. The lowest BCUT2D eigenvalue weighted by Gasteiger charge is -2.33. The smallest absolute Gasteiger partial charge is 0.191 e. The summed E-state index contributed by atoms with van der Waals surface area (Å²) in [5.74, 6) is 1.71. The van der Waals surface area contributed by atoms with Crippen LogP contribution >= 0.6 is 0 Å². The lowest BCUT2D eigenvalue weighted by Crippen LogP contribution is -2.51. The highest BCUT2D eigenvalue weighted by Crippen LogP contribution is 2.18. The molecule has 2 saturated heterocycles. The molecule has 5 heteroatoms. The Hall–Kier alpha value is -1.59. The van der Waals surface area contributed by atoms with Crippen LogP contribution in [0.2, 0.25) is 0 Å². The fraction of sp³-hybridized carbons (Fsp3) is 0.696. The Labute approximate surface area is 171 Å². The van der Waals surface area contributed by atoms with Crippen LogP contribution in [0.3, 0.4) is 0 Å². The Morgan fingerprint density at radius 3 is 2.54 bits per heavy atom. The SMILES string of the molecule is CN=C(NC[C@H]1CCCN1CC(C)C)NC1CCN(Cc2ccccc2)CC1. The number of nitrogens with one attached hydrogen (secondary N) is 2. The zero-order valence-electron chi connectivity index (χ0n) is 18.0. The van der Waals surface area contributed by atoms with E-state index in [2.05, 4.69) is 69.6 Å². The molecule has 0 amide bonds. The summed E-state index contributed by atoms with van der Waals surface area (Å²) >= 11 is 0. The molecule has 5 nitrogen and oxygen atoms in total. The van der Waals surface area contributed by atoms with E-state index in [0.29, 0.717) is 12.1 Å². The van der Waals surface area contributed by atoms with E-state index in [-0.39, 0.29) is 0 Å². The average molecular weight is 386 g/mol. The highest BCUT2D eigenvalue weighted by atomic mass is 15.2. The van der Waals surface area contributed by atoms with E-state index in [1.807, 2.05) is 7.05 Å². The summed E-state index contributed by atoms with van der Waals surface area (Å²) < 4.78 is 0. The van der Waals surface area contributed by atoms with Gasteiger partial charge in [0.25, 0.3) is 0 Å². The van der Waals surface area contributed by atoms with Gasteiger partial charge in [0, 0.05) is 51.9 Å². The average Bonchev–Trinajstić information content (AvgIpc) is 3.13. The number of aliphatic imine (C=N–C) groups is 1. The molecule has 0 radical (unpaired) electrons. The molecule has 3 rings (SSSR count). The molecule has 0 unspecified atom stereocenters. The van der Waals surface area contributed by atoms with Gasteiger partial charge in [-0.15, -0.1) is 0 Å². The van der Waals surface area contributed by atoms with E-state index < -0.39 is 0 Å². The third kappa shape index (κ3) is 6.49. The second-order valence-electron chi connectivity index (χ2n) is 8.82.